The molecule has 1 saturated heterocycles. The van der Waals surface area contributed by atoms with Gasteiger partial charge in [0.05, 0.1) is 13.4 Å². The van der Waals surface area contributed by atoms with Crippen LogP contribution >= 0.6 is 0 Å². The molecule has 114 valence electrons. The molecule has 2 bridgehead atoms. The summed E-state index contributed by atoms with van der Waals surface area (Å²) in [4.78, 5) is 14.2. The number of amides is 1. The van der Waals surface area contributed by atoms with Crippen LogP contribution in [0.4, 0.5) is 4.79 Å². The van der Waals surface area contributed by atoms with Crippen molar-refractivity contribution in [3.63, 3.8) is 0 Å². The first-order valence-electron chi connectivity index (χ1n) is 7.61. The Morgan fingerprint density at radius 2 is 1.75 bits per heavy atom. The van der Waals surface area contributed by atoms with Crippen molar-refractivity contribution >= 4 is 6.09 Å². The second kappa shape index (κ2) is 6.06. The third kappa shape index (κ3) is 3.68. The number of methoxy groups -OCH3 is 1. The molecule has 20 heavy (non-hydrogen) atoms. The van der Waals surface area contributed by atoms with Gasteiger partial charge in [-0.15, -0.1) is 0 Å². The maximum absolute atomic E-state index is 12.3. The Bertz CT molecular complexity index is 366. The predicted octanol–water partition coefficient (Wildman–Crippen LogP) is 3.57. The SMILES string of the molecule is COC=C1C2CCCCC1CN(C(=O)OC(C)(C)C)C2. The molecule has 1 aliphatic carbocycles. The average molecular weight is 281 g/mol. The molecular weight excluding hydrogens is 254 g/mol. The number of carbonyl (C=O) groups excluding carboxylic acids is 1. The van der Waals surface area contributed by atoms with Crippen LogP contribution in [-0.2, 0) is 9.47 Å². The Morgan fingerprint density at radius 3 is 2.20 bits per heavy atom. The third-order valence-corrected chi connectivity index (χ3v) is 4.09. The van der Waals surface area contributed by atoms with Crippen molar-refractivity contribution in [1.82, 2.24) is 4.90 Å². The monoisotopic (exact) mass is 281 g/mol. The fourth-order valence-electron chi connectivity index (χ4n) is 3.25. The van der Waals surface area contributed by atoms with Crippen LogP contribution in [0.3, 0.4) is 0 Å². The fraction of sp³-hybridized carbons (Fsp3) is 0.812. The van der Waals surface area contributed by atoms with Gasteiger partial charge in [0.1, 0.15) is 5.60 Å². The van der Waals surface area contributed by atoms with Crippen LogP contribution in [0.5, 0.6) is 0 Å². The Morgan fingerprint density at radius 1 is 1.20 bits per heavy atom. The highest BCUT2D eigenvalue weighted by Crippen LogP contribution is 2.38. The van der Waals surface area contributed by atoms with Crippen molar-refractivity contribution in [2.24, 2.45) is 11.8 Å². The Kier molecular flexibility index (Phi) is 4.61. The van der Waals surface area contributed by atoms with E-state index in [1.54, 1.807) is 7.11 Å². The summed E-state index contributed by atoms with van der Waals surface area (Å²) in [5.74, 6) is 0.868. The molecule has 4 heteroatoms. The van der Waals surface area contributed by atoms with E-state index in [1.807, 2.05) is 31.9 Å². The highest BCUT2D eigenvalue weighted by Gasteiger charge is 2.37. The fourth-order valence-corrected chi connectivity index (χ4v) is 3.25. The molecule has 2 atom stereocenters. The third-order valence-electron chi connectivity index (χ3n) is 4.09. The van der Waals surface area contributed by atoms with Gasteiger partial charge in [-0.25, -0.2) is 4.79 Å². The van der Waals surface area contributed by atoms with Gasteiger partial charge >= 0.3 is 6.09 Å². The number of nitrogens with zero attached hydrogens (tertiary/aromatic N) is 1. The van der Waals surface area contributed by atoms with Gasteiger partial charge in [0.15, 0.2) is 0 Å². The molecule has 0 radical (unpaired) electrons. The van der Waals surface area contributed by atoms with E-state index in [0.29, 0.717) is 11.8 Å². The molecule has 1 amide bonds. The average Bonchev–Trinajstić information content (AvgIpc) is 2.45. The molecule has 2 fully saturated rings. The second-order valence-corrected chi connectivity index (χ2v) is 6.92. The van der Waals surface area contributed by atoms with Crippen LogP contribution in [0.15, 0.2) is 11.8 Å². The van der Waals surface area contributed by atoms with Crippen molar-refractivity contribution in [3.05, 3.63) is 11.8 Å². The molecule has 0 aromatic rings. The topological polar surface area (TPSA) is 38.8 Å². The van der Waals surface area contributed by atoms with E-state index in [-0.39, 0.29) is 6.09 Å². The van der Waals surface area contributed by atoms with E-state index in [2.05, 4.69) is 0 Å². The first-order chi connectivity index (χ1) is 9.40. The molecule has 0 N–H and O–H groups in total. The zero-order valence-electron chi connectivity index (χ0n) is 13.1. The van der Waals surface area contributed by atoms with Gasteiger partial charge in [0.25, 0.3) is 0 Å². The highest BCUT2D eigenvalue weighted by molar-refractivity contribution is 5.68. The largest absolute Gasteiger partial charge is 0.504 e. The summed E-state index contributed by atoms with van der Waals surface area (Å²) in [6, 6.07) is 0. The Hall–Kier alpha value is -1.19. The molecule has 1 aliphatic heterocycles. The van der Waals surface area contributed by atoms with Crippen LogP contribution in [-0.4, -0.2) is 36.8 Å². The van der Waals surface area contributed by atoms with Crippen molar-refractivity contribution in [2.75, 3.05) is 20.2 Å². The number of ether oxygens (including phenoxy) is 2. The Labute approximate surface area is 122 Å². The summed E-state index contributed by atoms with van der Waals surface area (Å²) in [6.45, 7) is 7.27. The number of piperidine rings is 1. The van der Waals surface area contributed by atoms with Crippen LogP contribution in [0.25, 0.3) is 0 Å². The maximum atomic E-state index is 12.3. The maximum Gasteiger partial charge on any atom is 0.410 e. The van der Waals surface area contributed by atoms with Gasteiger partial charge in [0, 0.05) is 24.9 Å². The lowest BCUT2D eigenvalue weighted by atomic mass is 9.83. The Balaban J connectivity index is 2.10. The lowest BCUT2D eigenvalue weighted by molar-refractivity contribution is 0.0160. The first-order valence-corrected chi connectivity index (χ1v) is 7.61. The minimum absolute atomic E-state index is 0.175. The van der Waals surface area contributed by atoms with Crippen LogP contribution < -0.4 is 0 Å². The van der Waals surface area contributed by atoms with E-state index in [1.165, 1.54) is 18.4 Å². The second-order valence-electron chi connectivity index (χ2n) is 6.92. The molecule has 2 rings (SSSR count). The van der Waals surface area contributed by atoms with Gasteiger partial charge < -0.3 is 14.4 Å². The number of likely N-dealkylation sites (tertiary alicyclic amines) is 1. The van der Waals surface area contributed by atoms with Crippen LogP contribution in [0, 0.1) is 11.8 Å². The van der Waals surface area contributed by atoms with E-state index < -0.39 is 5.60 Å². The number of hydrogen-bond acceptors (Lipinski definition) is 3. The standard InChI is InChI=1S/C16H27NO3/c1-16(2,3)20-15(18)17-9-12-7-5-6-8-13(10-17)14(12)11-19-4/h11-13H,5-10H2,1-4H3. The summed E-state index contributed by atoms with van der Waals surface area (Å²) < 4.78 is 10.8. The molecule has 2 unspecified atom stereocenters. The molecule has 2 aliphatic rings. The minimum Gasteiger partial charge on any atom is -0.504 e. The van der Waals surface area contributed by atoms with Crippen molar-refractivity contribution in [3.8, 4) is 0 Å². The number of hydrogen-bond donors (Lipinski definition) is 0. The summed E-state index contributed by atoms with van der Waals surface area (Å²) in [5.41, 5.74) is 0.968. The van der Waals surface area contributed by atoms with E-state index >= 15 is 0 Å². The first kappa shape index (κ1) is 15.2. The van der Waals surface area contributed by atoms with Gasteiger partial charge in [0.2, 0.25) is 0 Å². The van der Waals surface area contributed by atoms with Gasteiger partial charge in [-0.05, 0) is 39.2 Å². The molecule has 0 aromatic heterocycles. The molecule has 4 nitrogen and oxygen atoms in total. The van der Waals surface area contributed by atoms with Crippen LogP contribution in [0.1, 0.15) is 46.5 Å². The molecule has 0 spiro atoms. The zero-order chi connectivity index (χ0) is 14.8. The van der Waals surface area contributed by atoms with Gasteiger partial charge in [-0.1, -0.05) is 12.8 Å². The lowest BCUT2D eigenvalue weighted by Gasteiger charge is -2.38. The predicted molar refractivity (Wildman–Crippen MR) is 78.3 cm³/mol. The van der Waals surface area contributed by atoms with Gasteiger partial charge in [-0.3, -0.25) is 0 Å². The highest BCUT2D eigenvalue weighted by atomic mass is 16.6. The quantitative estimate of drug-likeness (QED) is 0.690. The lowest BCUT2D eigenvalue weighted by Crippen LogP contribution is -2.46. The van der Waals surface area contributed by atoms with E-state index in [9.17, 15) is 4.79 Å². The van der Waals surface area contributed by atoms with Crippen molar-refractivity contribution in [1.29, 1.82) is 0 Å². The molecule has 0 aromatic carbocycles. The normalized spacial score (nSPS) is 26.8. The number of fused-ring (bicyclic) bond motifs is 2. The van der Waals surface area contributed by atoms with Gasteiger partial charge in [-0.2, -0.15) is 0 Å². The minimum atomic E-state index is -0.426. The smallest absolute Gasteiger partial charge is 0.410 e. The summed E-state index contributed by atoms with van der Waals surface area (Å²) >= 11 is 0. The zero-order valence-corrected chi connectivity index (χ0v) is 13.1. The number of rotatable bonds is 1. The van der Waals surface area contributed by atoms with Crippen molar-refractivity contribution in [2.45, 2.75) is 52.1 Å². The number of carbonyl (C=O) groups is 1. The van der Waals surface area contributed by atoms with Crippen molar-refractivity contribution < 1.29 is 14.3 Å². The molecule has 1 heterocycles. The van der Waals surface area contributed by atoms with Crippen LogP contribution in [0.2, 0.25) is 0 Å². The summed E-state index contributed by atoms with van der Waals surface area (Å²) in [7, 11) is 1.71. The summed E-state index contributed by atoms with van der Waals surface area (Å²) in [6.07, 6.45) is 6.50. The summed E-state index contributed by atoms with van der Waals surface area (Å²) in [5, 5.41) is 0. The molecular formula is C16H27NO3. The molecule has 1 saturated carbocycles. The van der Waals surface area contributed by atoms with E-state index in [0.717, 1.165) is 25.9 Å². The van der Waals surface area contributed by atoms with E-state index in [4.69, 9.17) is 9.47 Å².